The molecule has 0 aliphatic carbocycles. The predicted octanol–water partition coefficient (Wildman–Crippen LogP) is 0.129. The summed E-state index contributed by atoms with van der Waals surface area (Å²) in [6, 6.07) is 4.82. The van der Waals surface area contributed by atoms with E-state index in [2.05, 4.69) is 0 Å². The van der Waals surface area contributed by atoms with E-state index in [0.29, 0.717) is 23.9 Å². The highest BCUT2D eigenvalue weighted by molar-refractivity contribution is 5.46. The Kier molecular flexibility index (Phi) is 4.24. The van der Waals surface area contributed by atoms with E-state index in [1.54, 1.807) is 25.3 Å². The Labute approximate surface area is 105 Å². The molecule has 2 atom stereocenters. The highest BCUT2D eigenvalue weighted by Gasteiger charge is 2.20. The average molecular weight is 255 g/mol. The van der Waals surface area contributed by atoms with Crippen LogP contribution in [-0.4, -0.2) is 44.4 Å². The van der Waals surface area contributed by atoms with Gasteiger partial charge in [-0.05, 0) is 12.1 Å². The summed E-state index contributed by atoms with van der Waals surface area (Å²) in [6.45, 7) is 0.347. The van der Waals surface area contributed by atoms with E-state index in [-0.39, 0.29) is 13.4 Å². The molecule has 1 heterocycles. The van der Waals surface area contributed by atoms with Crippen LogP contribution < -0.4 is 19.9 Å². The number of benzene rings is 1. The van der Waals surface area contributed by atoms with Crippen LogP contribution in [0, 0.1) is 0 Å². The average Bonchev–Trinajstić information content (AvgIpc) is 2.83. The largest absolute Gasteiger partial charge is 0.486 e. The van der Waals surface area contributed by atoms with Crippen LogP contribution in [0.5, 0.6) is 17.2 Å². The lowest BCUT2D eigenvalue weighted by Crippen LogP contribution is -2.44. The fourth-order valence-electron chi connectivity index (χ4n) is 1.68. The number of methoxy groups -OCH3 is 1. The Bertz CT molecular complexity index is 398. The number of nitrogens with two attached hydrogens (primary N) is 1. The van der Waals surface area contributed by atoms with Crippen molar-refractivity contribution in [2.24, 2.45) is 5.73 Å². The summed E-state index contributed by atoms with van der Waals surface area (Å²) < 4.78 is 21.0. The van der Waals surface area contributed by atoms with Gasteiger partial charge >= 0.3 is 0 Å². The molecule has 1 aliphatic heterocycles. The van der Waals surface area contributed by atoms with Crippen molar-refractivity contribution >= 4 is 0 Å². The Morgan fingerprint density at radius 3 is 2.89 bits per heavy atom. The second-order valence-corrected chi connectivity index (χ2v) is 3.97. The summed E-state index contributed by atoms with van der Waals surface area (Å²) >= 11 is 0. The summed E-state index contributed by atoms with van der Waals surface area (Å²) in [4.78, 5) is 0. The summed E-state index contributed by atoms with van der Waals surface area (Å²) in [7, 11) is 1.55. The summed E-state index contributed by atoms with van der Waals surface area (Å²) in [5, 5.41) is 9.26. The van der Waals surface area contributed by atoms with Crippen molar-refractivity contribution in [3.8, 4) is 17.2 Å². The molecule has 0 saturated carbocycles. The van der Waals surface area contributed by atoms with Crippen molar-refractivity contribution in [2.45, 2.75) is 12.1 Å². The lowest BCUT2D eigenvalue weighted by Gasteiger charge is -2.22. The Hall–Kier alpha value is -1.50. The zero-order valence-electron chi connectivity index (χ0n) is 10.2. The highest BCUT2D eigenvalue weighted by atomic mass is 16.7. The molecule has 0 amide bonds. The molecule has 3 N–H and O–H groups in total. The van der Waals surface area contributed by atoms with Crippen LogP contribution in [0.3, 0.4) is 0 Å². The third-order valence-electron chi connectivity index (χ3n) is 2.65. The molecule has 1 aliphatic rings. The first kappa shape index (κ1) is 12.9. The number of aliphatic hydroxyl groups excluding tert-OH is 1. The summed E-state index contributed by atoms with van der Waals surface area (Å²) in [5.74, 6) is 1.89. The molecule has 100 valence electrons. The van der Waals surface area contributed by atoms with E-state index >= 15 is 0 Å². The SMILES string of the molecule is COCC(N)C(CO)Oc1ccc2c(c1)OCO2. The molecule has 6 nitrogen and oxygen atoms in total. The quantitative estimate of drug-likeness (QED) is 0.751. The van der Waals surface area contributed by atoms with Crippen LogP contribution >= 0.6 is 0 Å². The number of hydrogen-bond donors (Lipinski definition) is 2. The van der Waals surface area contributed by atoms with Gasteiger partial charge < -0.3 is 29.8 Å². The molecule has 0 bridgehead atoms. The Balaban J connectivity index is 2.03. The maximum absolute atomic E-state index is 9.26. The van der Waals surface area contributed by atoms with Crippen LogP contribution in [0.1, 0.15) is 0 Å². The normalized spacial score (nSPS) is 16.4. The summed E-state index contributed by atoms with van der Waals surface area (Å²) in [5.41, 5.74) is 5.83. The second-order valence-electron chi connectivity index (χ2n) is 3.97. The van der Waals surface area contributed by atoms with Gasteiger partial charge in [-0.1, -0.05) is 0 Å². The number of fused-ring (bicyclic) bond motifs is 1. The Morgan fingerprint density at radius 1 is 1.39 bits per heavy atom. The van der Waals surface area contributed by atoms with Crippen LogP contribution in [0.4, 0.5) is 0 Å². The topological polar surface area (TPSA) is 83.2 Å². The minimum Gasteiger partial charge on any atom is -0.486 e. The van der Waals surface area contributed by atoms with Crippen molar-refractivity contribution < 1.29 is 24.1 Å². The van der Waals surface area contributed by atoms with Gasteiger partial charge in [-0.3, -0.25) is 0 Å². The van der Waals surface area contributed by atoms with Gasteiger partial charge in [0.05, 0.1) is 19.3 Å². The lowest BCUT2D eigenvalue weighted by molar-refractivity contribution is 0.0604. The number of rotatable bonds is 6. The third kappa shape index (κ3) is 2.84. The fraction of sp³-hybridized carbons (Fsp3) is 0.500. The fourth-order valence-corrected chi connectivity index (χ4v) is 1.68. The van der Waals surface area contributed by atoms with E-state index in [1.807, 2.05) is 0 Å². The maximum atomic E-state index is 9.26. The molecule has 0 fully saturated rings. The number of aliphatic hydroxyl groups is 1. The van der Waals surface area contributed by atoms with Crippen molar-refractivity contribution in [1.29, 1.82) is 0 Å². The van der Waals surface area contributed by atoms with Crippen molar-refractivity contribution in [3.63, 3.8) is 0 Å². The zero-order chi connectivity index (χ0) is 13.0. The zero-order valence-corrected chi connectivity index (χ0v) is 10.2. The van der Waals surface area contributed by atoms with E-state index in [0.717, 1.165) is 0 Å². The molecule has 6 heteroatoms. The molecule has 2 rings (SSSR count). The molecular formula is C12H17NO5. The smallest absolute Gasteiger partial charge is 0.231 e. The Morgan fingerprint density at radius 2 is 2.17 bits per heavy atom. The van der Waals surface area contributed by atoms with Crippen molar-refractivity contribution in [2.75, 3.05) is 27.1 Å². The van der Waals surface area contributed by atoms with E-state index in [1.165, 1.54) is 0 Å². The van der Waals surface area contributed by atoms with Crippen LogP contribution in [-0.2, 0) is 4.74 Å². The maximum Gasteiger partial charge on any atom is 0.231 e. The second kappa shape index (κ2) is 5.90. The molecule has 1 aromatic carbocycles. The molecule has 1 aromatic rings. The molecule has 0 spiro atoms. The van der Waals surface area contributed by atoms with Crippen molar-refractivity contribution in [1.82, 2.24) is 0 Å². The minimum absolute atomic E-state index is 0.182. The van der Waals surface area contributed by atoms with Gasteiger partial charge in [0.2, 0.25) is 6.79 Å². The molecule has 0 saturated heterocycles. The van der Waals surface area contributed by atoms with Crippen LogP contribution in [0.15, 0.2) is 18.2 Å². The van der Waals surface area contributed by atoms with Crippen LogP contribution in [0.25, 0.3) is 0 Å². The summed E-state index contributed by atoms with van der Waals surface area (Å²) in [6.07, 6.45) is -0.523. The highest BCUT2D eigenvalue weighted by Crippen LogP contribution is 2.35. The number of ether oxygens (including phenoxy) is 4. The van der Waals surface area contributed by atoms with E-state index in [9.17, 15) is 5.11 Å². The molecule has 18 heavy (non-hydrogen) atoms. The molecule has 2 unspecified atom stereocenters. The van der Waals surface area contributed by atoms with Crippen molar-refractivity contribution in [3.05, 3.63) is 18.2 Å². The predicted molar refractivity (Wildman–Crippen MR) is 63.9 cm³/mol. The van der Waals surface area contributed by atoms with Gasteiger partial charge in [0, 0.05) is 13.2 Å². The molecular weight excluding hydrogens is 238 g/mol. The first-order valence-corrected chi connectivity index (χ1v) is 5.66. The molecule has 0 aromatic heterocycles. The van der Waals surface area contributed by atoms with Gasteiger partial charge in [0.1, 0.15) is 11.9 Å². The first-order chi connectivity index (χ1) is 8.74. The lowest BCUT2D eigenvalue weighted by atomic mass is 10.2. The van der Waals surface area contributed by atoms with Gasteiger partial charge in [-0.25, -0.2) is 0 Å². The van der Waals surface area contributed by atoms with E-state index in [4.69, 9.17) is 24.7 Å². The van der Waals surface area contributed by atoms with Gasteiger partial charge in [-0.2, -0.15) is 0 Å². The van der Waals surface area contributed by atoms with Gasteiger partial charge in [-0.15, -0.1) is 0 Å². The first-order valence-electron chi connectivity index (χ1n) is 5.66. The standard InChI is InChI=1S/C12H17NO5/c1-15-6-9(13)12(5-14)18-8-2-3-10-11(4-8)17-7-16-10/h2-4,9,12,14H,5-7,13H2,1H3. The minimum atomic E-state index is -0.523. The third-order valence-corrected chi connectivity index (χ3v) is 2.65. The van der Waals surface area contributed by atoms with Crippen LogP contribution in [0.2, 0.25) is 0 Å². The van der Waals surface area contributed by atoms with Gasteiger partial charge in [0.25, 0.3) is 0 Å². The molecule has 0 radical (unpaired) electrons. The number of hydrogen-bond acceptors (Lipinski definition) is 6. The van der Waals surface area contributed by atoms with E-state index < -0.39 is 12.1 Å². The monoisotopic (exact) mass is 255 g/mol. The van der Waals surface area contributed by atoms with Gasteiger partial charge in [0.15, 0.2) is 11.5 Å².